The standard InChI is InChI=1S/C62H48F10N8O7S2/c1-61(2)27-83-23-47(61)79-43-15-31(13-39(67)55(43)77-49(79)17-29-11-37(65)33(19-35(29)63)41-7-5-9-51(75-41)85-25-53-73-21-45(88-53)57(69)70)59(81)87-60(82)32-14-40(68)56-44(16-32)80(48-24-84-28-62(48,3)4)50(78-56)18-30-12-38(66)34(20-36(30)64)42-8-6-10-52(76-42)86-26-54-74-22-46(89-54)58(71)72/h5-16,19-22,47-48,57-58H,17-18,23-28H2,1-4H3. The van der Waals surface area contributed by atoms with E-state index < -0.39 is 93.7 Å². The van der Waals surface area contributed by atoms with Crippen LogP contribution in [0.2, 0.25) is 0 Å². The van der Waals surface area contributed by atoms with E-state index in [0.717, 1.165) is 71.5 Å². The summed E-state index contributed by atoms with van der Waals surface area (Å²) in [6, 6.07) is 15.3. The van der Waals surface area contributed by atoms with Gasteiger partial charge in [0, 0.05) is 59.3 Å². The fourth-order valence-electron chi connectivity index (χ4n) is 10.9. The van der Waals surface area contributed by atoms with E-state index in [1.807, 2.05) is 27.7 Å². The van der Waals surface area contributed by atoms with Crippen molar-refractivity contribution in [3.8, 4) is 34.3 Å². The Morgan fingerprint density at radius 2 is 0.978 bits per heavy atom. The second kappa shape index (κ2) is 24.0. The smallest absolute Gasteiger partial charge is 0.346 e. The van der Waals surface area contributed by atoms with Gasteiger partial charge >= 0.3 is 11.9 Å². The van der Waals surface area contributed by atoms with Crippen LogP contribution in [-0.4, -0.2) is 77.4 Å². The zero-order valence-electron chi connectivity index (χ0n) is 47.2. The van der Waals surface area contributed by atoms with E-state index in [-0.39, 0.29) is 151 Å². The number of esters is 2. The molecule has 4 aromatic carbocycles. The molecule has 0 saturated carbocycles. The first-order chi connectivity index (χ1) is 42.5. The maximum absolute atomic E-state index is 16.5. The molecule has 0 bridgehead atoms. The molecule has 460 valence electrons. The van der Waals surface area contributed by atoms with Crippen LogP contribution in [0.4, 0.5) is 43.9 Å². The van der Waals surface area contributed by atoms with E-state index in [0.29, 0.717) is 0 Å². The minimum Gasteiger partial charge on any atom is -0.470 e. The first kappa shape index (κ1) is 60.6. The summed E-state index contributed by atoms with van der Waals surface area (Å²) in [5.74, 6) is -8.19. The number of carbonyl (C=O) groups is 2. The third-order valence-electron chi connectivity index (χ3n) is 15.5. The van der Waals surface area contributed by atoms with Crippen molar-refractivity contribution in [3.05, 3.63) is 186 Å². The second-order valence-corrected chi connectivity index (χ2v) is 24.9. The van der Waals surface area contributed by atoms with Gasteiger partial charge in [-0.1, -0.05) is 39.8 Å². The predicted octanol–water partition coefficient (Wildman–Crippen LogP) is 14.7. The van der Waals surface area contributed by atoms with Crippen molar-refractivity contribution < 1.29 is 77.2 Å². The Kier molecular flexibility index (Phi) is 16.4. The van der Waals surface area contributed by atoms with Crippen LogP contribution in [-0.2, 0) is 40.3 Å². The summed E-state index contributed by atoms with van der Waals surface area (Å²) in [6.07, 6.45) is -4.11. The first-order valence-corrected chi connectivity index (χ1v) is 29.1. The molecule has 2 unspecified atom stereocenters. The molecule has 10 aromatic rings. The molecule has 2 saturated heterocycles. The lowest BCUT2D eigenvalue weighted by atomic mass is 9.87. The Hall–Kier alpha value is -8.66. The van der Waals surface area contributed by atoms with Crippen molar-refractivity contribution in [1.29, 1.82) is 0 Å². The van der Waals surface area contributed by atoms with Gasteiger partial charge in [-0.3, -0.25) is 0 Å². The SMILES string of the molecule is CC1(C)COCC1n1c(Cc2cc(F)c(-c3cccc(OCc4ncc(C(F)F)s4)n3)cc2F)nc2c(F)cc(C(=O)OC(=O)c3cc(F)c4nc(Cc5cc(F)c(-c6cccc(OCc7ncc(C(F)F)s7)n6)cc5F)n(C5COCC5(C)C)c4c3)cc21. The number of rotatable bonds is 18. The number of pyridine rings is 2. The average molecular weight is 1270 g/mol. The Morgan fingerprint density at radius 1 is 0.562 bits per heavy atom. The van der Waals surface area contributed by atoms with E-state index in [9.17, 15) is 27.2 Å². The summed E-state index contributed by atoms with van der Waals surface area (Å²) in [4.78, 5) is 53.1. The molecular weight excluding hydrogens is 1220 g/mol. The van der Waals surface area contributed by atoms with Gasteiger partial charge in [-0.15, -0.1) is 22.7 Å². The van der Waals surface area contributed by atoms with E-state index in [4.69, 9.17) is 23.7 Å². The van der Waals surface area contributed by atoms with Crippen molar-refractivity contribution in [2.75, 3.05) is 26.4 Å². The molecule has 2 atom stereocenters. The van der Waals surface area contributed by atoms with Crippen LogP contribution in [0.5, 0.6) is 11.8 Å². The Balaban J connectivity index is 0.808. The molecule has 6 aromatic heterocycles. The van der Waals surface area contributed by atoms with Crippen molar-refractivity contribution >= 4 is 56.7 Å². The van der Waals surface area contributed by atoms with Gasteiger partial charge in [0.1, 0.15) is 69.2 Å². The molecular formula is C62H48F10N8O7S2. The van der Waals surface area contributed by atoms with E-state index >= 15 is 26.3 Å². The second-order valence-electron chi connectivity index (χ2n) is 22.6. The van der Waals surface area contributed by atoms with Crippen molar-refractivity contribution in [3.63, 3.8) is 0 Å². The number of halogens is 10. The number of aromatic nitrogens is 8. The number of hydrogen-bond donors (Lipinski definition) is 0. The van der Waals surface area contributed by atoms with E-state index in [1.54, 1.807) is 9.13 Å². The third-order valence-corrected chi connectivity index (χ3v) is 17.4. The molecule has 15 nitrogen and oxygen atoms in total. The van der Waals surface area contributed by atoms with Crippen LogP contribution in [0.1, 0.15) is 116 Å². The fourth-order valence-corrected chi connectivity index (χ4v) is 12.2. The zero-order chi connectivity index (χ0) is 62.8. The highest BCUT2D eigenvalue weighted by Gasteiger charge is 2.41. The minimum absolute atomic E-state index is 0.00816. The molecule has 0 N–H and O–H groups in total. The summed E-state index contributed by atoms with van der Waals surface area (Å²) in [7, 11) is 0. The summed E-state index contributed by atoms with van der Waals surface area (Å²) in [5, 5.41) is 0.498. The molecule has 2 fully saturated rings. The number of ether oxygens (including phenoxy) is 5. The number of alkyl halides is 4. The van der Waals surface area contributed by atoms with Gasteiger partial charge < -0.3 is 32.8 Å². The molecule has 0 radical (unpaired) electrons. The lowest BCUT2D eigenvalue weighted by Crippen LogP contribution is -2.27. The van der Waals surface area contributed by atoms with Gasteiger partial charge in [-0.25, -0.2) is 83.4 Å². The van der Waals surface area contributed by atoms with Crippen LogP contribution in [0.15, 0.2) is 97.3 Å². The summed E-state index contributed by atoms with van der Waals surface area (Å²) < 4.78 is 181. The molecule has 89 heavy (non-hydrogen) atoms. The van der Waals surface area contributed by atoms with Gasteiger partial charge in [-0.2, -0.15) is 0 Å². The largest absolute Gasteiger partial charge is 0.470 e. The predicted molar refractivity (Wildman–Crippen MR) is 304 cm³/mol. The Labute approximate surface area is 506 Å². The van der Waals surface area contributed by atoms with E-state index in [2.05, 4.69) is 29.9 Å². The van der Waals surface area contributed by atoms with Gasteiger partial charge in [-0.05, 0) is 71.8 Å². The number of nitrogens with zero attached hydrogens (tertiary/aromatic N) is 8. The highest BCUT2D eigenvalue weighted by Crippen LogP contribution is 2.44. The maximum atomic E-state index is 16.5. The third kappa shape index (κ3) is 12.2. The molecule has 2 aliphatic heterocycles. The topological polar surface area (TPSA) is 167 Å². The van der Waals surface area contributed by atoms with Crippen molar-refractivity contribution in [2.24, 2.45) is 10.8 Å². The van der Waals surface area contributed by atoms with Gasteiger partial charge in [0.15, 0.2) is 11.6 Å². The summed E-state index contributed by atoms with van der Waals surface area (Å²) in [5.41, 5.74) is -3.56. The van der Waals surface area contributed by atoms with Crippen LogP contribution >= 0.6 is 22.7 Å². The molecule has 2 aliphatic rings. The Morgan fingerprint density at radius 3 is 1.35 bits per heavy atom. The molecule has 12 rings (SSSR count). The van der Waals surface area contributed by atoms with Crippen LogP contribution in [0.3, 0.4) is 0 Å². The number of thiazole rings is 2. The molecule has 8 heterocycles. The minimum atomic E-state index is -2.71. The average Bonchev–Trinajstić information content (AvgIpc) is 1.83. The zero-order valence-corrected chi connectivity index (χ0v) is 48.9. The van der Waals surface area contributed by atoms with Gasteiger partial charge in [0.2, 0.25) is 11.8 Å². The lowest BCUT2D eigenvalue weighted by Gasteiger charge is -2.28. The van der Waals surface area contributed by atoms with Crippen LogP contribution < -0.4 is 9.47 Å². The van der Waals surface area contributed by atoms with Crippen LogP contribution in [0.25, 0.3) is 44.6 Å². The fraction of sp³-hybridized carbons (Fsp3) is 0.290. The highest BCUT2D eigenvalue weighted by atomic mass is 32.1. The molecule has 0 spiro atoms. The van der Waals surface area contributed by atoms with Crippen molar-refractivity contribution in [2.45, 2.75) is 78.7 Å². The number of fused-ring (bicyclic) bond motifs is 2. The van der Waals surface area contributed by atoms with Crippen molar-refractivity contribution in [1.82, 2.24) is 39.0 Å². The highest BCUT2D eigenvalue weighted by molar-refractivity contribution is 7.11. The van der Waals surface area contributed by atoms with Gasteiger partial charge in [0.05, 0.1) is 81.8 Å². The summed E-state index contributed by atoms with van der Waals surface area (Å²) >= 11 is 1.51. The molecule has 0 aliphatic carbocycles. The molecule has 0 amide bonds. The quantitative estimate of drug-likeness (QED) is 0.0453. The maximum Gasteiger partial charge on any atom is 0.346 e. The molecule has 27 heteroatoms. The van der Waals surface area contributed by atoms with Crippen LogP contribution in [0, 0.1) is 45.7 Å². The number of carbonyl (C=O) groups excluding carboxylic acids is 2. The number of imidazole rings is 2. The van der Waals surface area contributed by atoms with E-state index in [1.165, 1.54) is 48.5 Å². The first-order valence-electron chi connectivity index (χ1n) is 27.4. The van der Waals surface area contributed by atoms with Gasteiger partial charge in [0.25, 0.3) is 12.9 Å². The Bertz CT molecular complexity index is 4140. The normalized spacial score (nSPS) is 16.4. The number of benzene rings is 4. The monoisotopic (exact) mass is 1270 g/mol. The number of hydrogen-bond acceptors (Lipinski definition) is 15. The lowest BCUT2D eigenvalue weighted by molar-refractivity contribution is 0.0397. The summed E-state index contributed by atoms with van der Waals surface area (Å²) in [6.45, 7) is 7.68.